The molecule has 0 aliphatic rings. The molecule has 21 heavy (non-hydrogen) atoms. The van der Waals surface area contributed by atoms with Crippen molar-refractivity contribution in [3.63, 3.8) is 0 Å². The second kappa shape index (κ2) is 6.06. The summed E-state index contributed by atoms with van der Waals surface area (Å²) in [6, 6.07) is 6.87. The highest BCUT2D eigenvalue weighted by Gasteiger charge is 2.15. The molecule has 1 aromatic heterocycles. The number of hydrogen-bond acceptors (Lipinski definition) is 5. The average molecular weight is 327 g/mol. The van der Waals surface area contributed by atoms with Crippen LogP contribution in [0.4, 0.5) is 5.82 Å². The number of aromatic nitrogens is 2. The Balaban J connectivity index is 2.25. The van der Waals surface area contributed by atoms with Crippen molar-refractivity contribution in [1.29, 1.82) is 0 Å². The predicted octanol–water partition coefficient (Wildman–Crippen LogP) is 1.29. The lowest BCUT2D eigenvalue weighted by Gasteiger charge is -2.07. The van der Waals surface area contributed by atoms with Crippen molar-refractivity contribution in [2.24, 2.45) is 0 Å². The van der Waals surface area contributed by atoms with Gasteiger partial charge in [-0.3, -0.25) is 9.52 Å². The van der Waals surface area contributed by atoms with Gasteiger partial charge in [-0.1, -0.05) is 0 Å². The summed E-state index contributed by atoms with van der Waals surface area (Å²) < 4.78 is 26.6. The Kier molecular flexibility index (Phi) is 4.39. The fourth-order valence-corrected chi connectivity index (χ4v) is 2.67. The molecule has 0 aliphatic carbocycles. The highest BCUT2D eigenvalue weighted by molar-refractivity contribution is 7.92. The van der Waals surface area contributed by atoms with Crippen molar-refractivity contribution in [3.8, 4) is 0 Å². The summed E-state index contributed by atoms with van der Waals surface area (Å²) in [6.45, 7) is 0. The second-order valence-electron chi connectivity index (χ2n) is 3.92. The molecule has 0 atom stereocenters. The molecular formula is C12H11ClN4O3S. The van der Waals surface area contributed by atoms with E-state index >= 15 is 0 Å². The minimum atomic E-state index is -3.81. The molecule has 2 N–H and O–H groups in total. The Morgan fingerprint density at radius 1 is 1.19 bits per heavy atom. The first-order chi connectivity index (χ1) is 9.92. The molecule has 1 aromatic carbocycles. The van der Waals surface area contributed by atoms with Crippen LogP contribution in [0.1, 0.15) is 10.4 Å². The molecule has 0 unspecified atom stereocenters. The van der Waals surface area contributed by atoms with Gasteiger partial charge in [-0.2, -0.15) is 4.98 Å². The van der Waals surface area contributed by atoms with Crippen LogP contribution in [0.25, 0.3) is 0 Å². The summed E-state index contributed by atoms with van der Waals surface area (Å²) >= 11 is 5.59. The zero-order chi connectivity index (χ0) is 15.5. The third-order valence-corrected chi connectivity index (χ3v) is 4.07. The zero-order valence-electron chi connectivity index (χ0n) is 10.9. The van der Waals surface area contributed by atoms with Gasteiger partial charge in [0.15, 0.2) is 0 Å². The lowest BCUT2D eigenvalue weighted by atomic mass is 10.2. The van der Waals surface area contributed by atoms with Gasteiger partial charge in [0.25, 0.3) is 15.9 Å². The van der Waals surface area contributed by atoms with Crippen LogP contribution < -0.4 is 10.0 Å². The molecule has 2 rings (SSSR count). The Labute approximate surface area is 126 Å². The van der Waals surface area contributed by atoms with Crippen LogP contribution in [-0.4, -0.2) is 31.3 Å². The number of hydrogen-bond donors (Lipinski definition) is 2. The van der Waals surface area contributed by atoms with E-state index in [0.29, 0.717) is 5.56 Å². The lowest BCUT2D eigenvalue weighted by Crippen LogP contribution is -2.18. The first-order valence-electron chi connectivity index (χ1n) is 5.76. The minimum absolute atomic E-state index is 0.00453. The number of nitrogens with one attached hydrogen (secondary N) is 2. The Bertz CT molecular complexity index is 762. The molecule has 110 valence electrons. The normalized spacial score (nSPS) is 11.0. The van der Waals surface area contributed by atoms with Crippen molar-refractivity contribution in [2.45, 2.75) is 4.90 Å². The van der Waals surface area contributed by atoms with Gasteiger partial charge in [0, 0.05) is 18.8 Å². The van der Waals surface area contributed by atoms with Crippen LogP contribution in [0.15, 0.2) is 41.4 Å². The minimum Gasteiger partial charge on any atom is -0.355 e. The summed E-state index contributed by atoms with van der Waals surface area (Å²) in [5, 5.41) is 2.39. The molecule has 0 bridgehead atoms. The van der Waals surface area contributed by atoms with Crippen molar-refractivity contribution in [2.75, 3.05) is 11.8 Å². The molecule has 0 fully saturated rings. The van der Waals surface area contributed by atoms with Crippen LogP contribution in [0, 0.1) is 0 Å². The van der Waals surface area contributed by atoms with Crippen LogP contribution in [0.3, 0.4) is 0 Å². The summed E-state index contributed by atoms with van der Waals surface area (Å²) in [5.74, 6) is -0.236. The molecular weight excluding hydrogens is 316 g/mol. The monoisotopic (exact) mass is 326 g/mol. The highest BCUT2D eigenvalue weighted by Crippen LogP contribution is 2.15. The fourth-order valence-electron chi connectivity index (χ4n) is 1.52. The van der Waals surface area contributed by atoms with Crippen molar-refractivity contribution >= 4 is 33.3 Å². The quantitative estimate of drug-likeness (QED) is 0.824. The smallest absolute Gasteiger partial charge is 0.263 e. The first-order valence-corrected chi connectivity index (χ1v) is 7.62. The van der Waals surface area contributed by atoms with Gasteiger partial charge < -0.3 is 5.32 Å². The zero-order valence-corrected chi connectivity index (χ0v) is 12.4. The number of carbonyl (C=O) groups excluding carboxylic acids is 1. The van der Waals surface area contributed by atoms with E-state index < -0.39 is 10.0 Å². The maximum Gasteiger partial charge on any atom is 0.263 e. The third kappa shape index (κ3) is 3.67. The molecule has 1 amide bonds. The van der Waals surface area contributed by atoms with Gasteiger partial charge in [-0.05, 0) is 41.9 Å². The van der Waals surface area contributed by atoms with E-state index in [2.05, 4.69) is 20.0 Å². The molecule has 0 saturated carbocycles. The molecule has 0 spiro atoms. The van der Waals surface area contributed by atoms with Crippen LogP contribution in [-0.2, 0) is 10.0 Å². The highest BCUT2D eigenvalue weighted by atomic mass is 35.5. The first kappa shape index (κ1) is 15.2. The maximum absolute atomic E-state index is 12.1. The SMILES string of the molecule is CNC(=O)c1ccc(S(=O)(=O)Nc2ccnc(Cl)n2)cc1. The van der Waals surface area contributed by atoms with E-state index in [4.69, 9.17) is 11.6 Å². The number of rotatable bonds is 4. The maximum atomic E-state index is 12.1. The molecule has 0 radical (unpaired) electrons. The number of halogens is 1. The third-order valence-electron chi connectivity index (χ3n) is 2.52. The number of carbonyl (C=O) groups is 1. The standard InChI is InChI=1S/C12H11ClN4O3S/c1-14-11(18)8-2-4-9(5-3-8)21(19,20)17-10-6-7-15-12(13)16-10/h2-7H,1H3,(H,14,18)(H,15,16,17). The van der Waals surface area contributed by atoms with Gasteiger partial charge in [0.2, 0.25) is 5.28 Å². The van der Waals surface area contributed by atoms with Crippen molar-refractivity contribution in [3.05, 3.63) is 47.4 Å². The molecule has 7 nitrogen and oxygen atoms in total. The summed E-state index contributed by atoms with van der Waals surface area (Å²) in [4.78, 5) is 18.8. The van der Waals surface area contributed by atoms with Gasteiger partial charge in [0.05, 0.1) is 4.90 Å². The number of nitrogens with zero attached hydrogens (tertiary/aromatic N) is 2. The molecule has 0 aliphatic heterocycles. The summed E-state index contributed by atoms with van der Waals surface area (Å²) in [5.41, 5.74) is 0.363. The predicted molar refractivity (Wildman–Crippen MR) is 77.7 cm³/mol. The second-order valence-corrected chi connectivity index (χ2v) is 5.94. The van der Waals surface area contributed by atoms with Crippen molar-refractivity contribution < 1.29 is 13.2 Å². The van der Waals surface area contributed by atoms with Gasteiger partial charge in [-0.15, -0.1) is 0 Å². The average Bonchev–Trinajstić information content (AvgIpc) is 2.46. The van der Waals surface area contributed by atoms with E-state index in [9.17, 15) is 13.2 Å². The van der Waals surface area contributed by atoms with Gasteiger partial charge >= 0.3 is 0 Å². The van der Waals surface area contributed by atoms with E-state index in [1.807, 2.05) is 0 Å². The molecule has 1 heterocycles. The molecule has 2 aromatic rings. The largest absolute Gasteiger partial charge is 0.355 e. The number of sulfonamides is 1. The van der Waals surface area contributed by atoms with E-state index in [0.717, 1.165) is 0 Å². The van der Waals surface area contributed by atoms with Crippen LogP contribution in [0.5, 0.6) is 0 Å². The topological polar surface area (TPSA) is 101 Å². The summed E-state index contributed by atoms with van der Waals surface area (Å²) in [7, 11) is -2.32. The fraction of sp³-hybridized carbons (Fsp3) is 0.0833. The number of anilines is 1. The Morgan fingerprint density at radius 3 is 2.43 bits per heavy atom. The van der Waals surface area contributed by atoms with Crippen molar-refractivity contribution in [1.82, 2.24) is 15.3 Å². The van der Waals surface area contributed by atoms with Gasteiger partial charge in [-0.25, -0.2) is 13.4 Å². The van der Waals surface area contributed by atoms with E-state index in [-0.39, 0.29) is 21.9 Å². The van der Waals surface area contributed by atoms with Crippen LogP contribution in [0.2, 0.25) is 5.28 Å². The number of amides is 1. The van der Waals surface area contributed by atoms with Gasteiger partial charge in [0.1, 0.15) is 5.82 Å². The van der Waals surface area contributed by atoms with E-state index in [1.165, 1.54) is 43.6 Å². The Hall–Kier alpha value is -2.19. The van der Waals surface area contributed by atoms with E-state index in [1.54, 1.807) is 0 Å². The summed E-state index contributed by atoms with van der Waals surface area (Å²) in [6.07, 6.45) is 1.34. The number of benzene rings is 1. The lowest BCUT2D eigenvalue weighted by molar-refractivity contribution is 0.0963. The van der Waals surface area contributed by atoms with Crippen LogP contribution >= 0.6 is 11.6 Å². The molecule has 9 heteroatoms. The molecule has 0 saturated heterocycles. The Morgan fingerprint density at radius 2 is 1.86 bits per heavy atom.